The maximum absolute atomic E-state index is 5.59. The van der Waals surface area contributed by atoms with Gasteiger partial charge in [-0.1, -0.05) is 18.6 Å². The van der Waals surface area contributed by atoms with Gasteiger partial charge < -0.3 is 8.23 Å². The van der Waals surface area contributed by atoms with Crippen LogP contribution in [0.1, 0.15) is 19.3 Å². The summed E-state index contributed by atoms with van der Waals surface area (Å²) >= 11 is 0. The highest BCUT2D eigenvalue weighted by Crippen LogP contribution is 2.45. The number of hydrogen-bond donors (Lipinski definition) is 0. The summed E-state index contributed by atoms with van der Waals surface area (Å²) in [6, 6.07) is 1.37. The first-order valence-electron chi connectivity index (χ1n) is 5.65. The Morgan fingerprint density at radius 3 is 2.93 bits per heavy atom. The lowest BCUT2D eigenvalue weighted by Crippen LogP contribution is -2.11. The number of fused-ring (bicyclic) bond motifs is 2. The van der Waals surface area contributed by atoms with Crippen molar-refractivity contribution in [2.24, 2.45) is 17.8 Å². The second-order valence-corrected chi connectivity index (χ2v) is 9.79. The molecule has 0 radical (unpaired) electrons. The SMILES string of the molecule is [SiH3]O[SiH2]O[SiH2]CCC1CC2C=CC1C2. The Morgan fingerprint density at radius 2 is 2.29 bits per heavy atom. The average Bonchev–Trinajstić information content (AvgIpc) is 2.79. The van der Waals surface area contributed by atoms with E-state index >= 15 is 0 Å². The summed E-state index contributed by atoms with van der Waals surface area (Å²) in [5.74, 6) is 2.87. The van der Waals surface area contributed by atoms with Gasteiger partial charge in [-0.05, 0) is 36.6 Å². The lowest BCUT2D eigenvalue weighted by molar-refractivity contribution is 0.426. The normalized spacial score (nSPS) is 36.1. The van der Waals surface area contributed by atoms with Crippen LogP contribution in [0.3, 0.4) is 0 Å². The Morgan fingerprint density at radius 1 is 1.36 bits per heavy atom. The molecule has 14 heavy (non-hydrogen) atoms. The van der Waals surface area contributed by atoms with Gasteiger partial charge in [0, 0.05) is 0 Å². The molecule has 1 fully saturated rings. The minimum Gasteiger partial charge on any atom is -0.449 e. The van der Waals surface area contributed by atoms with Crippen LogP contribution in [0.2, 0.25) is 6.04 Å². The van der Waals surface area contributed by atoms with Gasteiger partial charge in [0.2, 0.25) is 0 Å². The van der Waals surface area contributed by atoms with Crippen LogP contribution in [0.25, 0.3) is 0 Å². The summed E-state index contributed by atoms with van der Waals surface area (Å²) in [7, 11) is 0.134. The smallest absolute Gasteiger partial charge is 0.282 e. The van der Waals surface area contributed by atoms with E-state index in [1.165, 1.54) is 25.3 Å². The van der Waals surface area contributed by atoms with Crippen LogP contribution >= 0.6 is 0 Å². The number of allylic oxidation sites excluding steroid dienone is 2. The third kappa shape index (κ3) is 2.66. The van der Waals surface area contributed by atoms with Crippen molar-refractivity contribution in [3.8, 4) is 0 Å². The summed E-state index contributed by atoms with van der Waals surface area (Å²) in [4.78, 5) is 0. The average molecular weight is 245 g/mol. The minimum absolute atomic E-state index is 0.214. The molecule has 0 saturated heterocycles. The summed E-state index contributed by atoms with van der Waals surface area (Å²) in [5.41, 5.74) is 0. The Balaban J connectivity index is 1.56. The molecule has 0 aliphatic heterocycles. The fourth-order valence-electron chi connectivity index (χ4n) is 2.82. The highest BCUT2D eigenvalue weighted by atomic mass is 28.3. The molecule has 80 valence electrons. The van der Waals surface area contributed by atoms with E-state index in [0.717, 1.165) is 28.2 Å². The highest BCUT2D eigenvalue weighted by Gasteiger charge is 2.34. The predicted octanol–water partition coefficient (Wildman–Crippen LogP) is -0.597. The molecule has 3 unspecified atom stereocenters. The van der Waals surface area contributed by atoms with Crippen LogP contribution in [0.5, 0.6) is 0 Å². The van der Waals surface area contributed by atoms with Crippen LogP contribution in [-0.4, -0.2) is 30.3 Å². The van der Waals surface area contributed by atoms with Gasteiger partial charge in [-0.15, -0.1) is 0 Å². The lowest BCUT2D eigenvalue weighted by Gasteiger charge is -2.17. The van der Waals surface area contributed by atoms with Crippen molar-refractivity contribution in [2.45, 2.75) is 25.3 Å². The van der Waals surface area contributed by atoms with E-state index in [1.807, 2.05) is 0 Å². The van der Waals surface area contributed by atoms with Gasteiger partial charge in [0.1, 0.15) is 20.2 Å². The van der Waals surface area contributed by atoms with Gasteiger partial charge in [0.15, 0.2) is 0 Å². The van der Waals surface area contributed by atoms with Crippen LogP contribution < -0.4 is 0 Å². The molecule has 2 bridgehead atoms. The molecule has 1 saturated carbocycles. The summed E-state index contributed by atoms with van der Waals surface area (Å²) in [6.07, 6.45) is 9.22. The quantitative estimate of drug-likeness (QED) is 0.353. The highest BCUT2D eigenvalue weighted by molar-refractivity contribution is 6.41. The van der Waals surface area contributed by atoms with Gasteiger partial charge in [-0.3, -0.25) is 0 Å². The van der Waals surface area contributed by atoms with Crippen LogP contribution in [0.4, 0.5) is 0 Å². The maximum atomic E-state index is 5.59. The zero-order chi connectivity index (χ0) is 9.80. The molecule has 0 amide bonds. The van der Waals surface area contributed by atoms with Gasteiger partial charge in [0.25, 0.3) is 10.0 Å². The monoisotopic (exact) mass is 244 g/mol. The van der Waals surface area contributed by atoms with Crippen LogP contribution in [0, 0.1) is 17.8 Å². The maximum Gasteiger partial charge on any atom is 0.282 e. The van der Waals surface area contributed by atoms with E-state index in [1.54, 1.807) is 0 Å². The molecule has 0 aromatic rings. The largest absolute Gasteiger partial charge is 0.449 e. The fourth-order valence-corrected chi connectivity index (χ4v) is 6.96. The number of rotatable bonds is 6. The second kappa shape index (κ2) is 5.41. The molecule has 3 atom stereocenters. The van der Waals surface area contributed by atoms with E-state index in [9.17, 15) is 0 Å². The second-order valence-electron chi connectivity index (χ2n) is 4.50. The van der Waals surface area contributed by atoms with E-state index in [2.05, 4.69) is 12.2 Å². The fraction of sp³-hybridized carbons (Fsp3) is 0.778. The van der Waals surface area contributed by atoms with Crippen molar-refractivity contribution in [1.82, 2.24) is 0 Å². The van der Waals surface area contributed by atoms with Gasteiger partial charge in [0.05, 0.1) is 0 Å². The third-order valence-electron chi connectivity index (χ3n) is 3.48. The minimum atomic E-state index is -0.520. The lowest BCUT2D eigenvalue weighted by atomic mass is 9.91. The zero-order valence-corrected chi connectivity index (χ0v) is 13.8. The standard InChI is InChI=1S/C9H20O2Si3/c12-10-14-11-13-4-3-9-6-7-1-2-8(9)5-7/h1-2,7-9H,3-6,13-14H2,12H3. The molecule has 2 aliphatic rings. The van der Waals surface area contributed by atoms with Gasteiger partial charge in [-0.2, -0.15) is 0 Å². The van der Waals surface area contributed by atoms with E-state index < -0.39 is 10.0 Å². The van der Waals surface area contributed by atoms with E-state index in [4.69, 9.17) is 8.23 Å². The van der Waals surface area contributed by atoms with Crippen molar-refractivity contribution >= 4 is 30.3 Å². The molecule has 0 N–H and O–H groups in total. The Kier molecular flexibility index (Phi) is 4.18. The third-order valence-corrected chi connectivity index (χ3v) is 6.94. The topological polar surface area (TPSA) is 18.5 Å². The molecule has 5 heteroatoms. The Hall–Kier alpha value is 0.311. The van der Waals surface area contributed by atoms with Crippen molar-refractivity contribution in [3.05, 3.63) is 12.2 Å². The molecule has 0 heterocycles. The molecule has 0 spiro atoms. The molecular weight excluding hydrogens is 224 g/mol. The van der Waals surface area contributed by atoms with Gasteiger partial charge >= 0.3 is 0 Å². The molecular formula is C9H20O2Si3. The predicted molar refractivity (Wildman–Crippen MR) is 67.5 cm³/mol. The number of hydrogen-bond acceptors (Lipinski definition) is 2. The van der Waals surface area contributed by atoms with Crippen molar-refractivity contribution in [3.63, 3.8) is 0 Å². The van der Waals surface area contributed by atoms with Crippen molar-refractivity contribution in [2.75, 3.05) is 0 Å². The molecule has 0 aromatic heterocycles. The summed E-state index contributed by atoms with van der Waals surface area (Å²) in [5, 5.41) is 0. The summed E-state index contributed by atoms with van der Waals surface area (Å²) in [6.45, 7) is 0. The summed E-state index contributed by atoms with van der Waals surface area (Å²) < 4.78 is 10.7. The van der Waals surface area contributed by atoms with Crippen molar-refractivity contribution < 1.29 is 8.23 Å². The van der Waals surface area contributed by atoms with Crippen molar-refractivity contribution in [1.29, 1.82) is 0 Å². The Labute approximate surface area is 94.0 Å². The zero-order valence-electron chi connectivity index (χ0n) is 8.95. The van der Waals surface area contributed by atoms with E-state index in [-0.39, 0.29) is 9.76 Å². The van der Waals surface area contributed by atoms with E-state index in [0.29, 0.717) is 0 Å². The molecule has 2 aliphatic carbocycles. The first-order chi connectivity index (χ1) is 6.90. The molecule has 2 nitrogen and oxygen atoms in total. The molecule has 2 rings (SSSR count). The first kappa shape index (κ1) is 10.8. The molecule has 0 aromatic carbocycles. The van der Waals surface area contributed by atoms with Crippen LogP contribution in [-0.2, 0) is 8.23 Å². The Bertz CT molecular complexity index is 210. The van der Waals surface area contributed by atoms with Crippen LogP contribution in [0.15, 0.2) is 12.2 Å². The van der Waals surface area contributed by atoms with Gasteiger partial charge in [-0.25, -0.2) is 0 Å². The first-order valence-corrected chi connectivity index (χ1v) is 9.20.